The van der Waals surface area contributed by atoms with Gasteiger partial charge in [-0.15, -0.1) is 21.5 Å². The number of aromatic nitrogens is 2. The maximum atomic E-state index is 12.8. The first kappa shape index (κ1) is 17.8. The molecule has 0 radical (unpaired) electrons. The molecule has 1 atom stereocenters. The molecule has 4 rings (SSSR count). The van der Waals surface area contributed by atoms with Crippen molar-refractivity contribution >= 4 is 44.9 Å². The molecule has 0 saturated heterocycles. The highest BCUT2D eigenvalue weighted by molar-refractivity contribution is 9.10. The number of rotatable bonds is 4. The molecule has 0 saturated carbocycles. The Morgan fingerprint density at radius 2 is 2.27 bits per heavy atom. The fraction of sp³-hybridized carbons (Fsp3) is 0.278. The minimum atomic E-state index is -0.272. The maximum Gasteiger partial charge on any atom is 0.277 e. The van der Waals surface area contributed by atoms with Gasteiger partial charge in [0.2, 0.25) is 11.8 Å². The fourth-order valence-corrected chi connectivity index (χ4v) is 4.95. The molecule has 0 bridgehead atoms. The lowest BCUT2D eigenvalue weighted by atomic mass is 10.1. The normalized spacial score (nSPS) is 14.9. The minimum Gasteiger partial charge on any atom is -0.411 e. The van der Waals surface area contributed by atoms with E-state index in [1.807, 2.05) is 36.1 Å². The van der Waals surface area contributed by atoms with E-state index in [0.717, 1.165) is 23.0 Å². The smallest absolute Gasteiger partial charge is 0.277 e. The van der Waals surface area contributed by atoms with E-state index < -0.39 is 0 Å². The van der Waals surface area contributed by atoms with Crippen molar-refractivity contribution < 1.29 is 9.21 Å². The van der Waals surface area contributed by atoms with Gasteiger partial charge in [0.25, 0.3) is 5.22 Å². The number of benzene rings is 1. The van der Waals surface area contributed by atoms with Crippen molar-refractivity contribution in [3.8, 4) is 11.5 Å². The molecule has 8 heteroatoms. The summed E-state index contributed by atoms with van der Waals surface area (Å²) in [5, 5.41) is 10.4. The third-order valence-corrected chi connectivity index (χ3v) is 6.66. The van der Waals surface area contributed by atoms with E-state index in [4.69, 9.17) is 4.42 Å². The number of thioether (sulfide) groups is 1. The summed E-state index contributed by atoms with van der Waals surface area (Å²) in [5.41, 5.74) is 2.11. The predicted octanol–water partition coefficient (Wildman–Crippen LogP) is 4.63. The average Bonchev–Trinajstić information content (AvgIpc) is 3.29. The van der Waals surface area contributed by atoms with Gasteiger partial charge < -0.3 is 9.32 Å². The van der Waals surface area contributed by atoms with Crippen LogP contribution in [0, 0.1) is 0 Å². The number of hydrogen-bond donors (Lipinski definition) is 0. The summed E-state index contributed by atoms with van der Waals surface area (Å²) in [4.78, 5) is 16.1. The first-order valence-electron chi connectivity index (χ1n) is 8.20. The molecular formula is C18H16BrN3O2S2. The van der Waals surface area contributed by atoms with E-state index in [0.29, 0.717) is 17.7 Å². The molecule has 134 valence electrons. The number of carbonyl (C=O) groups excluding carboxylic acids is 1. The van der Waals surface area contributed by atoms with Gasteiger partial charge in [-0.1, -0.05) is 33.8 Å². The number of carbonyl (C=O) groups is 1. The van der Waals surface area contributed by atoms with Crippen LogP contribution >= 0.6 is 39.0 Å². The highest BCUT2D eigenvalue weighted by Crippen LogP contribution is 2.30. The number of amides is 1. The zero-order chi connectivity index (χ0) is 18.1. The van der Waals surface area contributed by atoms with E-state index in [-0.39, 0.29) is 11.2 Å². The summed E-state index contributed by atoms with van der Waals surface area (Å²) in [6, 6.07) is 9.79. The van der Waals surface area contributed by atoms with E-state index >= 15 is 0 Å². The molecule has 1 aliphatic heterocycles. The SMILES string of the molecule is CC(Sc1nnc(-c2cccc(Br)c2)o1)C(=O)N1CCc2sccc2C1. The predicted molar refractivity (Wildman–Crippen MR) is 106 cm³/mol. The Hall–Kier alpha value is -1.64. The number of hydrogen-bond acceptors (Lipinski definition) is 6. The minimum absolute atomic E-state index is 0.106. The zero-order valence-corrected chi connectivity index (χ0v) is 17.2. The van der Waals surface area contributed by atoms with E-state index in [1.165, 1.54) is 22.2 Å². The van der Waals surface area contributed by atoms with Crippen LogP contribution in [0.2, 0.25) is 0 Å². The monoisotopic (exact) mass is 449 g/mol. The van der Waals surface area contributed by atoms with Crippen molar-refractivity contribution in [3.63, 3.8) is 0 Å². The Kier molecular flexibility index (Phi) is 5.15. The van der Waals surface area contributed by atoms with Crippen LogP contribution in [-0.4, -0.2) is 32.8 Å². The Bertz CT molecular complexity index is 940. The first-order valence-corrected chi connectivity index (χ1v) is 10.8. The third-order valence-electron chi connectivity index (χ3n) is 4.22. The Morgan fingerprint density at radius 1 is 1.38 bits per heavy atom. The van der Waals surface area contributed by atoms with Gasteiger partial charge in [-0.05, 0) is 48.6 Å². The van der Waals surface area contributed by atoms with Crippen molar-refractivity contribution in [3.05, 3.63) is 50.6 Å². The summed E-state index contributed by atoms with van der Waals surface area (Å²) in [6.45, 7) is 3.35. The van der Waals surface area contributed by atoms with Gasteiger partial charge in [0.05, 0.1) is 5.25 Å². The lowest BCUT2D eigenvalue weighted by Crippen LogP contribution is -2.39. The van der Waals surface area contributed by atoms with Crippen LogP contribution in [0.15, 0.2) is 49.8 Å². The van der Waals surface area contributed by atoms with E-state index in [9.17, 15) is 4.79 Å². The second kappa shape index (κ2) is 7.54. The van der Waals surface area contributed by atoms with Crippen molar-refractivity contribution in [1.82, 2.24) is 15.1 Å². The van der Waals surface area contributed by atoms with E-state index in [1.54, 1.807) is 11.3 Å². The van der Waals surface area contributed by atoms with Gasteiger partial charge in [-0.25, -0.2) is 0 Å². The molecule has 0 N–H and O–H groups in total. The molecule has 2 aromatic heterocycles. The van der Waals surface area contributed by atoms with Crippen LogP contribution in [0.25, 0.3) is 11.5 Å². The molecule has 0 fully saturated rings. The molecule has 1 unspecified atom stereocenters. The second-order valence-electron chi connectivity index (χ2n) is 6.02. The molecule has 1 aliphatic rings. The van der Waals surface area contributed by atoms with Gasteiger partial charge in [0.15, 0.2) is 0 Å². The summed E-state index contributed by atoms with van der Waals surface area (Å²) >= 11 is 6.51. The quantitative estimate of drug-likeness (QED) is 0.543. The van der Waals surface area contributed by atoms with Crippen LogP contribution in [0.3, 0.4) is 0 Å². The lowest BCUT2D eigenvalue weighted by Gasteiger charge is -2.28. The molecule has 0 spiro atoms. The molecule has 26 heavy (non-hydrogen) atoms. The van der Waals surface area contributed by atoms with Crippen molar-refractivity contribution in [2.24, 2.45) is 0 Å². The van der Waals surface area contributed by atoms with Gasteiger partial charge >= 0.3 is 0 Å². The maximum absolute atomic E-state index is 12.8. The Balaban J connectivity index is 1.42. The molecule has 0 aliphatic carbocycles. The zero-order valence-electron chi connectivity index (χ0n) is 14.0. The van der Waals surface area contributed by atoms with Gasteiger partial charge in [0, 0.05) is 28.0 Å². The summed E-state index contributed by atoms with van der Waals surface area (Å²) < 4.78 is 6.68. The van der Waals surface area contributed by atoms with Crippen molar-refractivity contribution in [2.75, 3.05) is 6.54 Å². The first-order chi connectivity index (χ1) is 12.6. The van der Waals surface area contributed by atoms with Crippen LogP contribution in [0.1, 0.15) is 17.4 Å². The lowest BCUT2D eigenvalue weighted by molar-refractivity contribution is -0.131. The number of thiophene rings is 1. The topological polar surface area (TPSA) is 59.2 Å². The van der Waals surface area contributed by atoms with Crippen LogP contribution in [0.5, 0.6) is 0 Å². The Morgan fingerprint density at radius 3 is 3.12 bits per heavy atom. The molecule has 1 aromatic carbocycles. The molecule has 3 aromatic rings. The van der Waals surface area contributed by atoms with Gasteiger partial charge in [0.1, 0.15) is 0 Å². The molecular weight excluding hydrogens is 434 g/mol. The largest absolute Gasteiger partial charge is 0.411 e. The van der Waals surface area contributed by atoms with Gasteiger partial charge in [-0.3, -0.25) is 4.79 Å². The summed E-state index contributed by atoms with van der Waals surface area (Å²) in [7, 11) is 0. The number of halogens is 1. The molecule has 5 nitrogen and oxygen atoms in total. The highest BCUT2D eigenvalue weighted by atomic mass is 79.9. The summed E-state index contributed by atoms with van der Waals surface area (Å²) in [6.07, 6.45) is 0.934. The Labute approximate surface area is 167 Å². The van der Waals surface area contributed by atoms with Crippen molar-refractivity contribution in [1.29, 1.82) is 0 Å². The average molecular weight is 450 g/mol. The van der Waals surface area contributed by atoms with Crippen LogP contribution in [-0.2, 0) is 17.8 Å². The van der Waals surface area contributed by atoms with Gasteiger partial charge in [-0.2, -0.15) is 0 Å². The van der Waals surface area contributed by atoms with Crippen LogP contribution in [0.4, 0.5) is 0 Å². The third kappa shape index (κ3) is 3.72. The summed E-state index contributed by atoms with van der Waals surface area (Å²) in [5.74, 6) is 0.559. The molecule has 3 heterocycles. The molecule has 1 amide bonds. The number of fused-ring (bicyclic) bond motifs is 1. The standard InChI is InChI=1S/C18H16BrN3O2S2/c1-11(17(23)22-7-5-15-13(10-22)6-8-25-15)26-18-21-20-16(24-18)12-3-2-4-14(19)9-12/h2-4,6,8-9,11H,5,7,10H2,1H3. The highest BCUT2D eigenvalue weighted by Gasteiger charge is 2.27. The fourth-order valence-electron chi connectivity index (χ4n) is 2.89. The second-order valence-corrected chi connectivity index (χ2v) is 9.23. The van der Waals surface area contributed by atoms with E-state index in [2.05, 4.69) is 37.6 Å². The van der Waals surface area contributed by atoms with Crippen molar-refractivity contribution in [2.45, 2.75) is 30.4 Å². The number of nitrogens with zero attached hydrogens (tertiary/aromatic N) is 3. The van der Waals surface area contributed by atoms with Crippen LogP contribution < -0.4 is 0 Å².